The highest BCUT2D eigenvalue weighted by Crippen LogP contribution is 2.20. The molecule has 0 unspecified atom stereocenters. The number of anilines is 1. The van der Waals surface area contributed by atoms with E-state index in [0.29, 0.717) is 11.4 Å². The molecular weight excluding hydrogens is 316 g/mol. The second-order valence-electron chi connectivity index (χ2n) is 5.74. The Morgan fingerprint density at radius 2 is 1.96 bits per heavy atom. The number of nitrogens with zero attached hydrogens (tertiary/aromatic N) is 5. The topological polar surface area (TPSA) is 77.6 Å². The molecule has 4 aromatic rings. The molecule has 0 aliphatic heterocycles. The van der Waals surface area contributed by atoms with Crippen molar-refractivity contribution in [3.63, 3.8) is 0 Å². The van der Waals surface area contributed by atoms with Gasteiger partial charge < -0.3 is 5.32 Å². The van der Waals surface area contributed by atoms with Gasteiger partial charge in [0.1, 0.15) is 5.69 Å². The van der Waals surface area contributed by atoms with Crippen LogP contribution in [0.4, 0.5) is 5.69 Å². The van der Waals surface area contributed by atoms with Crippen LogP contribution in [0.25, 0.3) is 16.7 Å². The van der Waals surface area contributed by atoms with Crippen molar-refractivity contribution in [1.82, 2.24) is 24.3 Å². The maximum atomic E-state index is 12.7. The Balaban J connectivity index is 1.65. The molecule has 0 saturated heterocycles. The number of hydrogen-bond donors (Lipinski definition) is 1. The smallest absolute Gasteiger partial charge is 0.274 e. The lowest BCUT2D eigenvalue weighted by atomic mass is 10.2. The Morgan fingerprint density at radius 1 is 1.16 bits per heavy atom. The highest BCUT2D eigenvalue weighted by Gasteiger charge is 2.14. The zero-order valence-corrected chi connectivity index (χ0v) is 13.8. The van der Waals surface area contributed by atoms with Gasteiger partial charge in [-0.1, -0.05) is 18.2 Å². The number of aryl methyl sites for hydroxylation is 2. The van der Waals surface area contributed by atoms with E-state index in [0.717, 1.165) is 22.4 Å². The molecule has 0 radical (unpaired) electrons. The average Bonchev–Trinajstić information content (AvgIpc) is 3.21. The van der Waals surface area contributed by atoms with Gasteiger partial charge in [0.05, 0.1) is 30.1 Å². The Bertz CT molecular complexity index is 1060. The van der Waals surface area contributed by atoms with Gasteiger partial charge in [0.15, 0.2) is 5.65 Å². The molecule has 0 spiro atoms. The summed E-state index contributed by atoms with van der Waals surface area (Å²) in [5.74, 6) is -0.246. The molecule has 0 fully saturated rings. The van der Waals surface area contributed by atoms with Crippen LogP contribution in [0.2, 0.25) is 0 Å². The number of imidazole rings is 1. The van der Waals surface area contributed by atoms with E-state index >= 15 is 0 Å². The summed E-state index contributed by atoms with van der Waals surface area (Å²) < 4.78 is 3.47. The Labute approximate surface area is 143 Å². The molecule has 4 rings (SSSR count). The van der Waals surface area contributed by atoms with Crippen LogP contribution in [0.5, 0.6) is 0 Å². The summed E-state index contributed by atoms with van der Waals surface area (Å²) >= 11 is 0. The minimum absolute atomic E-state index is 0.246. The molecule has 1 aromatic carbocycles. The Morgan fingerprint density at radius 3 is 2.76 bits per heavy atom. The summed E-state index contributed by atoms with van der Waals surface area (Å²) in [6.07, 6.45) is 4.80. The highest BCUT2D eigenvalue weighted by molar-refractivity contribution is 6.04. The molecule has 124 valence electrons. The van der Waals surface area contributed by atoms with E-state index in [-0.39, 0.29) is 5.91 Å². The molecule has 0 atom stereocenters. The van der Waals surface area contributed by atoms with E-state index in [1.165, 1.54) is 0 Å². The largest absolute Gasteiger partial charge is 0.319 e. The lowest BCUT2D eigenvalue weighted by Crippen LogP contribution is -2.16. The van der Waals surface area contributed by atoms with Crippen molar-refractivity contribution in [3.05, 3.63) is 66.5 Å². The standard InChI is InChI=1S/C18H16N6O/c1-12-15-8-13(9-20-17(15)23(2)22-12)21-18(25)16-10-19-11-24(16)14-6-4-3-5-7-14/h3-11H,1-2H3,(H,21,25). The highest BCUT2D eigenvalue weighted by atomic mass is 16.2. The van der Waals surface area contributed by atoms with E-state index in [1.807, 2.05) is 50.4 Å². The number of rotatable bonds is 3. The van der Waals surface area contributed by atoms with E-state index in [2.05, 4.69) is 20.4 Å². The minimum Gasteiger partial charge on any atom is -0.319 e. The molecule has 0 saturated carbocycles. The average molecular weight is 332 g/mol. The van der Waals surface area contributed by atoms with Crippen molar-refractivity contribution in [2.45, 2.75) is 6.92 Å². The molecule has 7 nitrogen and oxygen atoms in total. The van der Waals surface area contributed by atoms with E-state index in [1.54, 1.807) is 28.0 Å². The first-order chi connectivity index (χ1) is 12.1. The maximum absolute atomic E-state index is 12.7. The first kappa shape index (κ1) is 15.1. The fourth-order valence-corrected chi connectivity index (χ4v) is 2.83. The third-order valence-electron chi connectivity index (χ3n) is 4.03. The quantitative estimate of drug-likeness (QED) is 0.626. The van der Waals surface area contributed by atoms with Crippen LogP contribution in [0.15, 0.2) is 55.1 Å². The van der Waals surface area contributed by atoms with Crippen LogP contribution >= 0.6 is 0 Å². The number of carbonyl (C=O) groups excluding carboxylic acids is 1. The van der Waals surface area contributed by atoms with Crippen molar-refractivity contribution in [1.29, 1.82) is 0 Å². The number of fused-ring (bicyclic) bond motifs is 1. The monoisotopic (exact) mass is 332 g/mol. The number of benzene rings is 1. The maximum Gasteiger partial charge on any atom is 0.274 e. The van der Waals surface area contributed by atoms with Crippen molar-refractivity contribution in [2.24, 2.45) is 7.05 Å². The molecule has 1 N–H and O–H groups in total. The molecule has 3 aromatic heterocycles. The summed E-state index contributed by atoms with van der Waals surface area (Å²) in [5, 5.41) is 8.14. The SMILES string of the molecule is Cc1nn(C)c2ncc(NC(=O)c3cncn3-c3ccccc3)cc12. The summed E-state index contributed by atoms with van der Waals surface area (Å²) in [6.45, 7) is 1.92. The first-order valence-electron chi connectivity index (χ1n) is 7.82. The summed E-state index contributed by atoms with van der Waals surface area (Å²) in [7, 11) is 1.85. The van der Waals surface area contributed by atoms with Gasteiger partial charge in [0.25, 0.3) is 5.91 Å². The van der Waals surface area contributed by atoms with Crippen LogP contribution < -0.4 is 5.32 Å². The van der Waals surface area contributed by atoms with Gasteiger partial charge in [-0.25, -0.2) is 9.97 Å². The third-order valence-corrected chi connectivity index (χ3v) is 4.03. The van der Waals surface area contributed by atoms with Crippen LogP contribution in [0, 0.1) is 6.92 Å². The zero-order chi connectivity index (χ0) is 17.4. The lowest BCUT2D eigenvalue weighted by Gasteiger charge is -2.09. The number of pyridine rings is 1. The van der Waals surface area contributed by atoms with E-state index in [9.17, 15) is 4.79 Å². The molecular formula is C18H16N6O. The van der Waals surface area contributed by atoms with Crippen LogP contribution in [-0.4, -0.2) is 30.2 Å². The Hall–Kier alpha value is -3.48. The van der Waals surface area contributed by atoms with E-state index in [4.69, 9.17) is 0 Å². The normalized spacial score (nSPS) is 11.0. The molecule has 3 heterocycles. The minimum atomic E-state index is -0.246. The molecule has 1 amide bonds. The predicted molar refractivity (Wildman–Crippen MR) is 94.8 cm³/mol. The molecule has 25 heavy (non-hydrogen) atoms. The number of amides is 1. The fraction of sp³-hybridized carbons (Fsp3) is 0.111. The van der Waals surface area contributed by atoms with Crippen molar-refractivity contribution >= 4 is 22.6 Å². The van der Waals surface area contributed by atoms with Gasteiger partial charge in [-0.05, 0) is 25.1 Å². The summed E-state index contributed by atoms with van der Waals surface area (Å²) in [4.78, 5) is 21.2. The van der Waals surface area contributed by atoms with Gasteiger partial charge in [-0.3, -0.25) is 14.0 Å². The van der Waals surface area contributed by atoms with Gasteiger partial charge in [0, 0.05) is 18.1 Å². The van der Waals surface area contributed by atoms with Crippen molar-refractivity contribution in [2.75, 3.05) is 5.32 Å². The van der Waals surface area contributed by atoms with Gasteiger partial charge >= 0.3 is 0 Å². The number of nitrogens with one attached hydrogen (secondary N) is 1. The molecule has 0 bridgehead atoms. The predicted octanol–water partition coefficient (Wildman–Crippen LogP) is 2.71. The summed E-state index contributed by atoms with van der Waals surface area (Å²) in [5.41, 5.74) is 3.60. The number of hydrogen-bond acceptors (Lipinski definition) is 4. The second kappa shape index (κ2) is 5.86. The van der Waals surface area contributed by atoms with Crippen molar-refractivity contribution in [3.8, 4) is 5.69 Å². The van der Waals surface area contributed by atoms with Crippen LogP contribution in [-0.2, 0) is 7.05 Å². The number of para-hydroxylation sites is 1. The van der Waals surface area contributed by atoms with Gasteiger partial charge in [0.2, 0.25) is 0 Å². The van der Waals surface area contributed by atoms with Gasteiger partial charge in [-0.2, -0.15) is 5.10 Å². The summed E-state index contributed by atoms with van der Waals surface area (Å²) in [6, 6.07) is 11.5. The lowest BCUT2D eigenvalue weighted by molar-refractivity contribution is 0.102. The molecule has 7 heteroatoms. The number of carbonyl (C=O) groups is 1. The zero-order valence-electron chi connectivity index (χ0n) is 13.8. The second-order valence-corrected chi connectivity index (χ2v) is 5.74. The molecule has 0 aliphatic carbocycles. The third kappa shape index (κ3) is 2.65. The Kier molecular flexibility index (Phi) is 3.53. The first-order valence-corrected chi connectivity index (χ1v) is 7.82. The van der Waals surface area contributed by atoms with Gasteiger partial charge in [-0.15, -0.1) is 0 Å². The fourth-order valence-electron chi connectivity index (χ4n) is 2.83. The molecule has 0 aliphatic rings. The van der Waals surface area contributed by atoms with Crippen molar-refractivity contribution < 1.29 is 4.79 Å². The van der Waals surface area contributed by atoms with E-state index < -0.39 is 0 Å². The number of aromatic nitrogens is 5. The van der Waals surface area contributed by atoms with Crippen LogP contribution in [0.1, 0.15) is 16.2 Å². The van der Waals surface area contributed by atoms with Crippen LogP contribution in [0.3, 0.4) is 0 Å².